The van der Waals surface area contributed by atoms with Gasteiger partial charge in [0, 0.05) is 6.20 Å². The minimum atomic E-state index is -4.30. The van der Waals surface area contributed by atoms with Crippen LogP contribution in [0.2, 0.25) is 0 Å². The van der Waals surface area contributed by atoms with E-state index in [9.17, 15) is 14.6 Å². The summed E-state index contributed by atoms with van der Waals surface area (Å²) < 4.78 is 51.3. The van der Waals surface area contributed by atoms with Crippen molar-refractivity contribution in [3.8, 4) is 0 Å². The lowest BCUT2D eigenvalue weighted by Gasteiger charge is -2.33. The van der Waals surface area contributed by atoms with Gasteiger partial charge in [0.05, 0.1) is 24.9 Å². The third-order valence-corrected chi connectivity index (χ3v) is 11.0. The molecule has 2 bridgehead atoms. The Morgan fingerprint density at radius 2 is 1.68 bits per heavy atom. The van der Waals surface area contributed by atoms with Gasteiger partial charge in [-0.2, -0.15) is 0 Å². The number of halogens is 1. The van der Waals surface area contributed by atoms with Crippen LogP contribution in [0.25, 0.3) is 22.2 Å². The van der Waals surface area contributed by atoms with E-state index in [0.717, 1.165) is 0 Å². The Morgan fingerprint density at radius 1 is 0.977 bits per heavy atom. The number of nitrogens with zero attached hydrogens (tertiary/aromatic N) is 7. The molecule has 0 amide bonds. The smallest absolute Gasteiger partial charge is 0.386 e. The zero-order valence-electron chi connectivity index (χ0n) is 22.0. The molecule has 0 saturated carbocycles. The van der Waals surface area contributed by atoms with Crippen LogP contribution in [-0.2, 0) is 43.9 Å². The lowest BCUT2D eigenvalue weighted by atomic mass is 10.1. The molecule has 2 unspecified atom stereocenters. The molecule has 44 heavy (non-hydrogen) atoms. The van der Waals surface area contributed by atoms with Crippen molar-refractivity contribution in [2.75, 3.05) is 24.7 Å². The Kier molecular flexibility index (Phi) is 7.89. The van der Waals surface area contributed by atoms with Crippen molar-refractivity contribution >= 4 is 83.0 Å². The first kappa shape index (κ1) is 30.6. The van der Waals surface area contributed by atoms with E-state index in [1.54, 1.807) is 16.8 Å². The summed E-state index contributed by atoms with van der Waals surface area (Å²) in [5, 5.41) is 10.7. The Hall–Kier alpha value is -2.03. The second-order valence-electron chi connectivity index (χ2n) is 10.0. The number of rotatable bonds is 2. The number of aliphatic hydroxyl groups excluding tert-OH is 1. The number of nitrogens with two attached hydrogens (primary N) is 2. The van der Waals surface area contributed by atoms with Crippen molar-refractivity contribution in [1.29, 1.82) is 0 Å². The van der Waals surface area contributed by atoms with Gasteiger partial charge in [0.2, 0.25) is 0 Å². The van der Waals surface area contributed by atoms with Gasteiger partial charge in [0.25, 0.3) is 0 Å². The monoisotopic (exact) mass is 706 g/mol. The average Bonchev–Trinajstić information content (AvgIpc) is 3.73. The highest BCUT2D eigenvalue weighted by molar-refractivity contribution is 8.44. The first-order chi connectivity index (χ1) is 20.9. The highest BCUT2D eigenvalue weighted by Gasteiger charge is 2.52. The molecule has 10 atom stereocenters. The number of fused-ring (bicyclic) bond motifs is 5. The van der Waals surface area contributed by atoms with Gasteiger partial charge in [0.15, 0.2) is 23.9 Å². The molecular weight excluding hydrogens is 684 g/mol. The van der Waals surface area contributed by atoms with E-state index in [1.807, 2.05) is 0 Å². The van der Waals surface area contributed by atoms with Gasteiger partial charge in [0.1, 0.15) is 72.3 Å². The van der Waals surface area contributed by atoms with Crippen LogP contribution in [0.4, 0.5) is 11.6 Å². The number of hydrogen-bond donors (Lipinski definition) is 4. The fourth-order valence-electron chi connectivity index (χ4n) is 5.32. The molecule has 5 N–H and O–H groups in total. The van der Waals surface area contributed by atoms with Crippen LogP contribution < -0.4 is 16.4 Å². The Morgan fingerprint density at radius 3 is 2.48 bits per heavy atom. The van der Waals surface area contributed by atoms with Gasteiger partial charge < -0.3 is 44.6 Å². The topological polar surface area (TPSA) is 242 Å². The normalized spacial score (nSPS) is 38.3. The maximum Gasteiger partial charge on any atom is 0.386 e. The summed E-state index contributed by atoms with van der Waals surface area (Å²) in [4.78, 5) is 33.9. The van der Waals surface area contributed by atoms with E-state index in [0.29, 0.717) is 11.0 Å². The molecule has 3 saturated heterocycles. The fourth-order valence-corrected chi connectivity index (χ4v) is 8.68. The number of imidazole rings is 1. The molecule has 23 heteroatoms. The van der Waals surface area contributed by atoms with Crippen LogP contribution >= 0.6 is 37.4 Å². The predicted molar refractivity (Wildman–Crippen MR) is 158 cm³/mol. The molecule has 3 fully saturated rings. The molecule has 0 aromatic carbocycles. The zero-order chi connectivity index (χ0) is 31.0. The largest absolute Gasteiger partial charge is 0.780 e. The summed E-state index contributed by atoms with van der Waals surface area (Å²) in [5.74, 6) is 0.346. The average molecular weight is 707 g/mol. The second kappa shape index (κ2) is 11.3. The summed E-state index contributed by atoms with van der Waals surface area (Å²) >= 11 is 16.1. The molecular formula is C21H23ClN9O9P2S2-. The second-order valence-corrected chi connectivity index (χ2v) is 16.1. The van der Waals surface area contributed by atoms with Crippen LogP contribution in [0.3, 0.4) is 0 Å². The van der Waals surface area contributed by atoms with Gasteiger partial charge in [-0.05, 0) is 6.07 Å². The van der Waals surface area contributed by atoms with Crippen LogP contribution in [0.5, 0.6) is 0 Å². The number of anilines is 2. The Labute approximate surface area is 262 Å². The van der Waals surface area contributed by atoms with E-state index in [1.165, 1.54) is 23.5 Å². The minimum absolute atomic E-state index is 0.102. The molecule has 3 aliphatic rings. The highest BCUT2D eigenvalue weighted by Crippen LogP contribution is 2.58. The lowest BCUT2D eigenvalue weighted by Crippen LogP contribution is -2.36. The molecule has 4 aromatic heterocycles. The summed E-state index contributed by atoms with van der Waals surface area (Å²) in [6.45, 7) is -9.54. The number of hydrogen-bond acceptors (Lipinski definition) is 17. The number of aromatic nitrogens is 7. The quantitative estimate of drug-likeness (QED) is 0.127. The summed E-state index contributed by atoms with van der Waals surface area (Å²) in [6.07, 6.45) is -2.97. The zero-order valence-corrected chi connectivity index (χ0v) is 26.3. The first-order valence-corrected chi connectivity index (χ1v) is 18.5. The van der Waals surface area contributed by atoms with Crippen LogP contribution in [0.1, 0.15) is 12.5 Å². The van der Waals surface area contributed by atoms with Gasteiger partial charge in [-0.25, -0.2) is 29.5 Å². The molecule has 0 spiro atoms. The van der Waals surface area contributed by atoms with Crippen molar-refractivity contribution in [2.24, 2.45) is 0 Å². The molecule has 0 radical (unpaired) electrons. The molecule has 0 aliphatic carbocycles. The van der Waals surface area contributed by atoms with Gasteiger partial charge in [-0.15, -0.1) is 11.6 Å². The van der Waals surface area contributed by atoms with Crippen molar-refractivity contribution in [3.05, 3.63) is 31.2 Å². The molecule has 7 rings (SSSR count). The summed E-state index contributed by atoms with van der Waals surface area (Å²) in [6, 6.07) is 1.68. The third-order valence-electron chi connectivity index (χ3n) is 7.36. The van der Waals surface area contributed by atoms with Crippen molar-refractivity contribution in [1.82, 2.24) is 34.1 Å². The summed E-state index contributed by atoms with van der Waals surface area (Å²) in [7, 11) is 0. The van der Waals surface area contributed by atoms with Gasteiger partial charge in [-0.1, -0.05) is 24.1 Å². The number of aliphatic hydroxyl groups is 1. The standard InChI is InChI=1S/C21H24ClN9O9P2S2/c22-11-14-10(38-20(11)30-2-1-8-16(23)25-5-27-18(8)30)4-36-42(34,44)40-15-13(32)9(3-35-41(33,43)39-14)37-21(15)31-7-29-12-17(24)26-6-28-19(12)31/h1-2,5-7,9-11,13-15,20-21,32H,3-4H2,(H,33,43)(H,34,44)(H2,23,25,27)(H2,24,26,28)/p-1/t9-,10-,11-,13-,14-,15-,20-,21-,41?,42?/m1/s1. The van der Waals surface area contributed by atoms with Crippen molar-refractivity contribution in [3.63, 3.8) is 0 Å². The van der Waals surface area contributed by atoms with E-state index >= 15 is 0 Å². The third kappa shape index (κ3) is 5.41. The molecule has 236 valence electrons. The lowest BCUT2D eigenvalue weighted by molar-refractivity contribution is -0.215. The molecule has 7 heterocycles. The highest BCUT2D eigenvalue weighted by atomic mass is 35.5. The predicted octanol–water partition coefficient (Wildman–Crippen LogP) is 0.639. The van der Waals surface area contributed by atoms with Crippen molar-refractivity contribution < 1.29 is 42.1 Å². The number of nitrogen functional groups attached to an aromatic ring is 2. The van der Waals surface area contributed by atoms with Crippen LogP contribution in [-0.4, -0.2) is 88.3 Å². The molecule has 3 aliphatic heterocycles. The van der Waals surface area contributed by atoms with Gasteiger partial charge in [-0.3, -0.25) is 13.6 Å². The first-order valence-electron chi connectivity index (χ1n) is 12.9. The van der Waals surface area contributed by atoms with E-state index in [-0.39, 0.29) is 22.8 Å². The fraction of sp³-hybridized carbons (Fsp3) is 0.476. The maximum atomic E-state index is 13.6. The molecule has 4 aromatic rings. The van der Waals surface area contributed by atoms with E-state index < -0.39 is 75.1 Å². The Bertz CT molecular complexity index is 1840. The SMILES string of the molecule is Nc1ncnc2c1ccn2[C@@H]1O[C@@H]2COP(=O)(S)O[C@@H]3[C@H](O)[C@@H](COP([O-])(=S)O[C@H]2[C@H]1Cl)O[C@H]3n1cnc2c(N)ncnc21. The Balaban J connectivity index is 1.20. The van der Waals surface area contributed by atoms with Crippen molar-refractivity contribution in [2.45, 2.75) is 48.4 Å². The van der Waals surface area contributed by atoms with Crippen LogP contribution in [0, 0.1) is 0 Å². The maximum absolute atomic E-state index is 13.6. The summed E-state index contributed by atoms with van der Waals surface area (Å²) in [5.41, 5.74) is 12.8. The number of ether oxygens (including phenoxy) is 2. The van der Waals surface area contributed by atoms with Gasteiger partial charge >= 0.3 is 6.80 Å². The van der Waals surface area contributed by atoms with E-state index in [4.69, 9.17) is 62.4 Å². The number of alkyl halides is 1. The van der Waals surface area contributed by atoms with E-state index in [2.05, 4.69) is 37.2 Å². The van der Waals surface area contributed by atoms with Crippen LogP contribution in [0.15, 0.2) is 31.2 Å². The minimum Gasteiger partial charge on any atom is -0.780 e. The molecule has 18 nitrogen and oxygen atoms in total. The number of thiol groups is 1.